The molecule has 0 bridgehead atoms. The molecule has 0 saturated heterocycles. The number of benzene rings is 3. The van der Waals surface area contributed by atoms with Gasteiger partial charge in [0.15, 0.2) is 6.61 Å². The van der Waals surface area contributed by atoms with Crippen molar-refractivity contribution in [3.8, 4) is 22.9 Å². The molecular weight excluding hydrogens is 402 g/mol. The topological polar surface area (TPSA) is 91.2 Å². The van der Waals surface area contributed by atoms with Gasteiger partial charge in [0, 0.05) is 0 Å². The molecule has 0 aliphatic carbocycles. The number of hydrazine groups is 1. The lowest BCUT2D eigenvalue weighted by Crippen LogP contribution is -2.45. The standard InChI is InChI=1S/C26H25N3O3/c1-2-6-24(22-7-4-3-5-8-22)26(31)29-28-25(30)18-32-23-15-13-21(14-16-23)20-11-9-19(17-27)10-12-20/h3-5,7-16,24H,2,6,18H2,1H3,(H,28,30)(H,29,31). The first-order valence-corrected chi connectivity index (χ1v) is 10.5. The van der Waals surface area contributed by atoms with Gasteiger partial charge in [0.2, 0.25) is 5.91 Å². The number of hydrogen-bond donors (Lipinski definition) is 2. The third-order valence-corrected chi connectivity index (χ3v) is 4.99. The Kier molecular flexibility index (Phi) is 7.99. The molecule has 2 amide bonds. The second kappa shape index (κ2) is 11.3. The lowest BCUT2D eigenvalue weighted by Gasteiger charge is -2.17. The lowest BCUT2D eigenvalue weighted by atomic mass is 9.94. The number of rotatable bonds is 8. The van der Waals surface area contributed by atoms with Crippen LogP contribution in [-0.4, -0.2) is 18.4 Å². The molecule has 162 valence electrons. The Morgan fingerprint density at radius 2 is 1.53 bits per heavy atom. The fourth-order valence-electron chi connectivity index (χ4n) is 3.31. The van der Waals surface area contributed by atoms with E-state index in [2.05, 4.69) is 16.9 Å². The minimum Gasteiger partial charge on any atom is -0.484 e. The highest BCUT2D eigenvalue weighted by Gasteiger charge is 2.20. The molecule has 6 nitrogen and oxygen atoms in total. The third kappa shape index (κ3) is 6.19. The first kappa shape index (κ1) is 22.6. The van der Waals surface area contributed by atoms with Crippen molar-refractivity contribution < 1.29 is 14.3 Å². The molecule has 3 aromatic rings. The smallest absolute Gasteiger partial charge is 0.276 e. The van der Waals surface area contributed by atoms with Crippen molar-refractivity contribution in [2.45, 2.75) is 25.7 Å². The van der Waals surface area contributed by atoms with E-state index in [-0.39, 0.29) is 18.4 Å². The fourth-order valence-corrected chi connectivity index (χ4v) is 3.31. The zero-order valence-electron chi connectivity index (χ0n) is 17.9. The number of ether oxygens (including phenoxy) is 1. The van der Waals surface area contributed by atoms with Crippen LogP contribution in [0.4, 0.5) is 0 Å². The number of nitrogens with one attached hydrogen (secondary N) is 2. The van der Waals surface area contributed by atoms with Gasteiger partial charge in [0.05, 0.1) is 17.6 Å². The normalized spacial score (nSPS) is 11.1. The summed E-state index contributed by atoms with van der Waals surface area (Å²) in [5.74, 6) is -0.481. The summed E-state index contributed by atoms with van der Waals surface area (Å²) in [7, 11) is 0. The van der Waals surface area contributed by atoms with E-state index in [0.29, 0.717) is 17.7 Å². The molecule has 2 N–H and O–H groups in total. The van der Waals surface area contributed by atoms with Gasteiger partial charge < -0.3 is 4.74 Å². The van der Waals surface area contributed by atoms with E-state index in [1.807, 2.05) is 61.5 Å². The van der Waals surface area contributed by atoms with E-state index in [1.165, 1.54) is 0 Å². The van der Waals surface area contributed by atoms with Gasteiger partial charge in [0.1, 0.15) is 5.75 Å². The van der Waals surface area contributed by atoms with E-state index >= 15 is 0 Å². The maximum Gasteiger partial charge on any atom is 0.276 e. The highest BCUT2D eigenvalue weighted by atomic mass is 16.5. The summed E-state index contributed by atoms with van der Waals surface area (Å²) >= 11 is 0. The number of nitriles is 1. The van der Waals surface area contributed by atoms with E-state index in [4.69, 9.17) is 10.00 Å². The highest BCUT2D eigenvalue weighted by molar-refractivity contribution is 5.86. The molecule has 6 heteroatoms. The van der Waals surface area contributed by atoms with Crippen LogP contribution >= 0.6 is 0 Å². The molecular formula is C26H25N3O3. The average Bonchev–Trinajstić information content (AvgIpc) is 2.85. The summed E-state index contributed by atoms with van der Waals surface area (Å²) in [6, 6.07) is 26.2. The van der Waals surface area contributed by atoms with Crippen LogP contribution < -0.4 is 15.6 Å². The van der Waals surface area contributed by atoms with Crippen LogP contribution in [0.15, 0.2) is 78.9 Å². The van der Waals surface area contributed by atoms with E-state index in [9.17, 15) is 9.59 Å². The summed E-state index contributed by atoms with van der Waals surface area (Å²) < 4.78 is 5.51. The number of nitrogens with zero attached hydrogens (tertiary/aromatic N) is 1. The predicted octanol–water partition coefficient (Wildman–Crippen LogP) is 4.34. The first-order valence-electron chi connectivity index (χ1n) is 10.5. The van der Waals surface area contributed by atoms with Crippen LogP contribution in [0.25, 0.3) is 11.1 Å². The quantitative estimate of drug-likeness (QED) is 0.523. The number of amides is 2. The molecule has 0 aliphatic heterocycles. The number of carbonyl (C=O) groups excluding carboxylic acids is 2. The molecule has 0 radical (unpaired) electrons. The molecule has 0 saturated carbocycles. The first-order chi connectivity index (χ1) is 15.6. The second-order valence-electron chi connectivity index (χ2n) is 7.29. The van der Waals surface area contributed by atoms with Crippen molar-refractivity contribution in [1.82, 2.24) is 10.9 Å². The van der Waals surface area contributed by atoms with Crippen molar-refractivity contribution in [3.63, 3.8) is 0 Å². The Hall–Kier alpha value is -4.11. The summed E-state index contributed by atoms with van der Waals surface area (Å²) in [6.45, 7) is 1.79. The van der Waals surface area contributed by atoms with E-state index in [1.54, 1.807) is 24.3 Å². The highest BCUT2D eigenvalue weighted by Crippen LogP contribution is 2.23. The molecule has 32 heavy (non-hydrogen) atoms. The second-order valence-corrected chi connectivity index (χ2v) is 7.29. The maximum atomic E-state index is 12.5. The molecule has 1 unspecified atom stereocenters. The van der Waals surface area contributed by atoms with Crippen molar-refractivity contribution in [2.75, 3.05) is 6.61 Å². The van der Waals surface area contributed by atoms with Gasteiger partial charge in [-0.1, -0.05) is 67.9 Å². The van der Waals surface area contributed by atoms with Gasteiger partial charge in [0.25, 0.3) is 5.91 Å². The monoisotopic (exact) mass is 427 g/mol. The van der Waals surface area contributed by atoms with Crippen molar-refractivity contribution in [1.29, 1.82) is 5.26 Å². The van der Waals surface area contributed by atoms with Crippen molar-refractivity contribution in [3.05, 3.63) is 90.0 Å². The van der Waals surface area contributed by atoms with Gasteiger partial charge in [-0.25, -0.2) is 0 Å². The molecule has 1 atom stereocenters. The van der Waals surface area contributed by atoms with Crippen LogP contribution in [0.2, 0.25) is 0 Å². The molecule has 0 aliphatic rings. The third-order valence-electron chi connectivity index (χ3n) is 4.99. The Labute approximate surface area is 187 Å². The van der Waals surface area contributed by atoms with Gasteiger partial charge in [-0.15, -0.1) is 0 Å². The van der Waals surface area contributed by atoms with Gasteiger partial charge >= 0.3 is 0 Å². The van der Waals surface area contributed by atoms with Gasteiger partial charge in [-0.05, 0) is 47.4 Å². The van der Waals surface area contributed by atoms with Crippen LogP contribution in [0, 0.1) is 11.3 Å². The molecule has 0 fully saturated rings. The SMILES string of the molecule is CCCC(C(=O)NNC(=O)COc1ccc(-c2ccc(C#N)cc2)cc1)c1ccccc1. The number of hydrogen-bond acceptors (Lipinski definition) is 4. The Morgan fingerprint density at radius 1 is 0.906 bits per heavy atom. The van der Waals surface area contributed by atoms with Crippen molar-refractivity contribution >= 4 is 11.8 Å². The summed E-state index contributed by atoms with van der Waals surface area (Å²) in [5.41, 5.74) is 8.40. The molecule has 0 heterocycles. The Morgan fingerprint density at radius 3 is 2.12 bits per heavy atom. The molecule has 0 spiro atoms. The maximum absolute atomic E-state index is 12.5. The number of carbonyl (C=O) groups is 2. The van der Waals surface area contributed by atoms with Crippen molar-refractivity contribution in [2.24, 2.45) is 0 Å². The van der Waals surface area contributed by atoms with Gasteiger partial charge in [-0.3, -0.25) is 20.4 Å². The molecule has 3 aromatic carbocycles. The van der Waals surface area contributed by atoms with E-state index in [0.717, 1.165) is 23.1 Å². The Balaban J connectivity index is 1.49. The largest absolute Gasteiger partial charge is 0.484 e. The predicted molar refractivity (Wildman–Crippen MR) is 122 cm³/mol. The van der Waals surface area contributed by atoms with E-state index < -0.39 is 5.91 Å². The van der Waals surface area contributed by atoms with Crippen LogP contribution in [0.1, 0.15) is 36.8 Å². The summed E-state index contributed by atoms with van der Waals surface area (Å²) in [5, 5.41) is 8.89. The molecule has 0 aromatic heterocycles. The fraction of sp³-hybridized carbons (Fsp3) is 0.192. The summed E-state index contributed by atoms with van der Waals surface area (Å²) in [6.07, 6.45) is 1.54. The van der Waals surface area contributed by atoms with Crippen LogP contribution in [0.3, 0.4) is 0 Å². The zero-order valence-corrected chi connectivity index (χ0v) is 17.9. The molecule has 3 rings (SSSR count). The Bertz CT molecular complexity index is 1070. The lowest BCUT2D eigenvalue weighted by molar-refractivity contribution is -0.130. The minimum absolute atomic E-state index is 0.222. The summed E-state index contributed by atoms with van der Waals surface area (Å²) in [4.78, 5) is 24.6. The zero-order chi connectivity index (χ0) is 22.8. The van der Waals surface area contributed by atoms with Crippen LogP contribution in [-0.2, 0) is 9.59 Å². The van der Waals surface area contributed by atoms with Gasteiger partial charge in [-0.2, -0.15) is 5.26 Å². The van der Waals surface area contributed by atoms with Crippen LogP contribution in [0.5, 0.6) is 5.75 Å². The minimum atomic E-state index is -0.446. The average molecular weight is 428 g/mol.